The lowest BCUT2D eigenvalue weighted by Gasteiger charge is -2.39. The summed E-state index contributed by atoms with van der Waals surface area (Å²) in [6.07, 6.45) is 6.05. The minimum Gasteiger partial charge on any atom is -0.338 e. The molecule has 7 nitrogen and oxygen atoms in total. The van der Waals surface area contributed by atoms with Crippen LogP contribution < -0.4 is 11.1 Å². The Morgan fingerprint density at radius 1 is 1.07 bits per heavy atom. The summed E-state index contributed by atoms with van der Waals surface area (Å²) < 4.78 is 0. The fourth-order valence-electron chi connectivity index (χ4n) is 5.23. The van der Waals surface area contributed by atoms with Gasteiger partial charge in [0, 0.05) is 29.8 Å². The molecule has 28 heavy (non-hydrogen) atoms. The standard InChI is InChI=1S/C21H24N4O3/c1-12-22-17-14(18(26)23-12)5-6-21(17)7-9-25(10-8-21)20(28)15-11-13-3-2-4-16(13)24-19(15)27/h11H,2-10H2,1H3,(H,24,27)(H,22,23,26). The second-order valence-corrected chi connectivity index (χ2v) is 8.42. The molecule has 3 heterocycles. The van der Waals surface area contributed by atoms with Crippen molar-refractivity contribution in [1.82, 2.24) is 19.9 Å². The normalized spacial score (nSPS) is 19.7. The summed E-state index contributed by atoms with van der Waals surface area (Å²) >= 11 is 0. The van der Waals surface area contributed by atoms with Gasteiger partial charge in [0.1, 0.15) is 11.4 Å². The predicted molar refractivity (Wildman–Crippen MR) is 104 cm³/mol. The van der Waals surface area contributed by atoms with Gasteiger partial charge in [-0.2, -0.15) is 0 Å². The summed E-state index contributed by atoms with van der Waals surface area (Å²) in [4.78, 5) is 49.8. The number of carbonyl (C=O) groups is 1. The van der Waals surface area contributed by atoms with Gasteiger partial charge in [0.25, 0.3) is 17.0 Å². The third kappa shape index (κ3) is 2.56. The van der Waals surface area contributed by atoms with Gasteiger partial charge in [-0.05, 0) is 63.5 Å². The molecule has 2 aromatic heterocycles. The van der Waals surface area contributed by atoms with Gasteiger partial charge in [0.2, 0.25) is 0 Å². The van der Waals surface area contributed by atoms with Crippen molar-refractivity contribution < 1.29 is 4.79 Å². The number of pyridine rings is 1. The monoisotopic (exact) mass is 380 g/mol. The third-order valence-corrected chi connectivity index (χ3v) is 6.82. The van der Waals surface area contributed by atoms with Crippen LogP contribution in [0, 0.1) is 6.92 Å². The number of likely N-dealkylation sites (tertiary alicyclic amines) is 1. The molecule has 2 aliphatic carbocycles. The Hall–Kier alpha value is -2.70. The molecule has 0 atom stereocenters. The molecule has 1 spiro atoms. The van der Waals surface area contributed by atoms with Gasteiger partial charge in [0.15, 0.2) is 0 Å². The number of aromatic amines is 2. The first-order valence-electron chi connectivity index (χ1n) is 10.1. The van der Waals surface area contributed by atoms with Crippen molar-refractivity contribution in [3.8, 4) is 0 Å². The number of hydrogen-bond acceptors (Lipinski definition) is 4. The highest BCUT2D eigenvalue weighted by Gasteiger charge is 2.44. The Balaban J connectivity index is 1.39. The topological polar surface area (TPSA) is 98.9 Å². The highest BCUT2D eigenvalue weighted by Crippen LogP contribution is 2.44. The molecule has 0 unspecified atom stereocenters. The first-order chi connectivity index (χ1) is 13.5. The zero-order valence-corrected chi connectivity index (χ0v) is 16.1. The van der Waals surface area contributed by atoms with E-state index >= 15 is 0 Å². The average Bonchev–Trinajstić information content (AvgIpc) is 3.26. The zero-order valence-electron chi connectivity index (χ0n) is 16.1. The molecule has 1 fully saturated rings. The molecule has 1 saturated heterocycles. The first kappa shape index (κ1) is 17.4. The van der Waals surface area contributed by atoms with Gasteiger partial charge < -0.3 is 14.9 Å². The van der Waals surface area contributed by atoms with E-state index in [2.05, 4.69) is 15.0 Å². The third-order valence-electron chi connectivity index (χ3n) is 6.82. The second kappa shape index (κ2) is 6.15. The lowest BCUT2D eigenvalue weighted by atomic mass is 9.76. The van der Waals surface area contributed by atoms with Crippen molar-refractivity contribution in [3.05, 3.63) is 60.7 Å². The number of nitrogens with zero attached hydrogens (tertiary/aromatic N) is 2. The molecule has 0 bridgehead atoms. The van der Waals surface area contributed by atoms with Crippen molar-refractivity contribution in [2.75, 3.05) is 13.1 Å². The Morgan fingerprint density at radius 2 is 1.86 bits per heavy atom. The van der Waals surface area contributed by atoms with Crippen LogP contribution in [0.2, 0.25) is 0 Å². The van der Waals surface area contributed by atoms with Crippen molar-refractivity contribution in [3.63, 3.8) is 0 Å². The van der Waals surface area contributed by atoms with E-state index in [9.17, 15) is 14.4 Å². The summed E-state index contributed by atoms with van der Waals surface area (Å²) in [7, 11) is 0. The Kier molecular flexibility index (Phi) is 3.82. The summed E-state index contributed by atoms with van der Waals surface area (Å²) in [5.74, 6) is 0.465. The number of carbonyl (C=O) groups excluding carboxylic acids is 1. The van der Waals surface area contributed by atoms with Gasteiger partial charge >= 0.3 is 0 Å². The van der Waals surface area contributed by atoms with Crippen molar-refractivity contribution in [1.29, 1.82) is 0 Å². The van der Waals surface area contributed by atoms with Crippen LogP contribution in [0.25, 0.3) is 0 Å². The number of hydrogen-bond donors (Lipinski definition) is 2. The van der Waals surface area contributed by atoms with Crippen LogP contribution in [0.4, 0.5) is 0 Å². The molecular weight excluding hydrogens is 356 g/mol. The molecule has 5 rings (SSSR count). The van der Waals surface area contributed by atoms with Crippen LogP contribution in [0.15, 0.2) is 15.7 Å². The molecule has 0 aromatic carbocycles. The fourth-order valence-corrected chi connectivity index (χ4v) is 5.23. The molecule has 2 aromatic rings. The van der Waals surface area contributed by atoms with Crippen LogP contribution in [0.5, 0.6) is 0 Å². The number of fused-ring (bicyclic) bond motifs is 3. The number of nitrogens with one attached hydrogen (secondary N) is 2. The van der Waals surface area contributed by atoms with Crippen LogP contribution in [-0.4, -0.2) is 38.8 Å². The van der Waals surface area contributed by atoms with E-state index in [1.165, 1.54) is 0 Å². The number of amides is 1. The van der Waals surface area contributed by atoms with Crippen molar-refractivity contribution in [2.45, 2.75) is 57.3 Å². The molecule has 2 N–H and O–H groups in total. The largest absolute Gasteiger partial charge is 0.338 e. The Labute approximate surface area is 162 Å². The number of aromatic nitrogens is 3. The second-order valence-electron chi connectivity index (χ2n) is 8.42. The van der Waals surface area contributed by atoms with Gasteiger partial charge in [-0.15, -0.1) is 0 Å². The maximum absolute atomic E-state index is 13.0. The van der Waals surface area contributed by atoms with E-state index in [1.807, 2.05) is 6.92 Å². The lowest BCUT2D eigenvalue weighted by Crippen LogP contribution is -2.46. The van der Waals surface area contributed by atoms with Crippen LogP contribution in [0.3, 0.4) is 0 Å². The Bertz CT molecular complexity index is 1090. The van der Waals surface area contributed by atoms with Gasteiger partial charge in [-0.3, -0.25) is 14.4 Å². The van der Waals surface area contributed by atoms with Gasteiger partial charge in [-0.25, -0.2) is 4.98 Å². The molecule has 7 heteroatoms. The van der Waals surface area contributed by atoms with E-state index in [-0.39, 0.29) is 28.0 Å². The van der Waals surface area contributed by atoms with E-state index in [1.54, 1.807) is 11.0 Å². The van der Waals surface area contributed by atoms with Crippen LogP contribution in [-0.2, 0) is 24.7 Å². The van der Waals surface area contributed by atoms with E-state index < -0.39 is 0 Å². The van der Waals surface area contributed by atoms with Gasteiger partial charge in [-0.1, -0.05) is 0 Å². The first-order valence-corrected chi connectivity index (χ1v) is 10.1. The fraction of sp³-hybridized carbons (Fsp3) is 0.524. The number of rotatable bonds is 1. The van der Waals surface area contributed by atoms with Crippen LogP contribution >= 0.6 is 0 Å². The minimum absolute atomic E-state index is 0.0254. The molecule has 1 amide bonds. The maximum Gasteiger partial charge on any atom is 0.261 e. The molecule has 1 aliphatic heterocycles. The predicted octanol–water partition coefficient (Wildman–Crippen LogP) is 1.38. The van der Waals surface area contributed by atoms with Crippen LogP contribution in [0.1, 0.15) is 64.4 Å². The SMILES string of the molecule is Cc1nc2c(c(=O)[nH]1)CCC21CCN(C(=O)c2cc3c([nH]c2=O)CCC3)CC1. The molecule has 0 radical (unpaired) electrons. The maximum atomic E-state index is 13.0. The molecule has 3 aliphatic rings. The molecule has 146 valence electrons. The highest BCUT2D eigenvalue weighted by atomic mass is 16.2. The molecule has 0 saturated carbocycles. The molecular formula is C21H24N4O3. The number of piperidine rings is 1. The average molecular weight is 380 g/mol. The Morgan fingerprint density at radius 3 is 2.64 bits per heavy atom. The van der Waals surface area contributed by atoms with E-state index in [0.717, 1.165) is 67.5 Å². The minimum atomic E-state index is -0.277. The number of H-pyrrole nitrogens is 2. The highest BCUT2D eigenvalue weighted by molar-refractivity contribution is 5.94. The quantitative estimate of drug-likeness (QED) is 0.781. The summed E-state index contributed by atoms with van der Waals surface area (Å²) in [6.45, 7) is 2.98. The van der Waals surface area contributed by atoms with E-state index in [0.29, 0.717) is 18.9 Å². The summed E-state index contributed by atoms with van der Waals surface area (Å²) in [6, 6.07) is 1.79. The smallest absolute Gasteiger partial charge is 0.261 e. The number of aryl methyl sites for hydroxylation is 3. The summed E-state index contributed by atoms with van der Waals surface area (Å²) in [5, 5.41) is 0. The van der Waals surface area contributed by atoms with Crippen molar-refractivity contribution in [2.24, 2.45) is 0 Å². The summed E-state index contributed by atoms with van der Waals surface area (Å²) in [5.41, 5.74) is 3.65. The lowest BCUT2D eigenvalue weighted by molar-refractivity contribution is 0.0661. The zero-order chi connectivity index (χ0) is 19.5. The van der Waals surface area contributed by atoms with Crippen molar-refractivity contribution >= 4 is 5.91 Å². The van der Waals surface area contributed by atoms with E-state index in [4.69, 9.17) is 0 Å². The van der Waals surface area contributed by atoms with Gasteiger partial charge in [0.05, 0.1) is 5.69 Å².